The molecule has 1 aromatic rings. The summed E-state index contributed by atoms with van der Waals surface area (Å²) in [5, 5.41) is 13.8. The lowest BCUT2D eigenvalue weighted by Crippen LogP contribution is -1.99. The molecule has 1 rings (SSSR count). The summed E-state index contributed by atoms with van der Waals surface area (Å²) in [6, 6.07) is 0. The SMILES string of the molecule is Cn1nc(N)c([N+](=O)[O-])c1N. The van der Waals surface area contributed by atoms with E-state index in [1.807, 2.05) is 0 Å². The van der Waals surface area contributed by atoms with Crippen LogP contribution in [0.3, 0.4) is 0 Å². The third kappa shape index (κ3) is 0.955. The quantitative estimate of drug-likeness (QED) is 0.421. The molecule has 11 heavy (non-hydrogen) atoms. The standard InChI is InChI=1S/C4H7N5O2/c1-8-4(6)2(9(10)11)3(5)7-8/h6H2,1H3,(H2,5,7). The third-order valence-electron chi connectivity index (χ3n) is 1.27. The molecular formula is C4H7N5O2. The van der Waals surface area contributed by atoms with E-state index >= 15 is 0 Å². The van der Waals surface area contributed by atoms with Crippen molar-refractivity contribution in [2.75, 3.05) is 11.5 Å². The van der Waals surface area contributed by atoms with Gasteiger partial charge in [0.25, 0.3) is 0 Å². The predicted molar refractivity (Wildman–Crippen MR) is 38.7 cm³/mol. The van der Waals surface area contributed by atoms with E-state index in [0.29, 0.717) is 0 Å². The minimum atomic E-state index is -0.655. The number of rotatable bonds is 1. The number of anilines is 2. The first-order chi connectivity index (χ1) is 5.04. The number of aromatic nitrogens is 2. The van der Waals surface area contributed by atoms with E-state index in [-0.39, 0.29) is 17.3 Å². The van der Waals surface area contributed by atoms with E-state index in [4.69, 9.17) is 11.5 Å². The summed E-state index contributed by atoms with van der Waals surface area (Å²) in [5.74, 6) is -0.192. The molecule has 0 spiro atoms. The molecule has 0 aliphatic heterocycles. The summed E-state index contributed by atoms with van der Waals surface area (Å²) in [4.78, 5) is 9.59. The lowest BCUT2D eigenvalue weighted by molar-refractivity contribution is -0.383. The van der Waals surface area contributed by atoms with Crippen LogP contribution in [0.4, 0.5) is 17.3 Å². The van der Waals surface area contributed by atoms with E-state index in [2.05, 4.69) is 5.10 Å². The molecule has 0 saturated heterocycles. The largest absolute Gasteiger partial charge is 0.378 e. The Labute approximate surface area is 61.7 Å². The van der Waals surface area contributed by atoms with Gasteiger partial charge >= 0.3 is 5.69 Å². The Bertz CT molecular complexity index is 304. The molecular weight excluding hydrogens is 150 g/mol. The van der Waals surface area contributed by atoms with Gasteiger partial charge in [0.05, 0.1) is 4.92 Å². The monoisotopic (exact) mass is 157 g/mol. The fourth-order valence-corrected chi connectivity index (χ4v) is 0.734. The molecule has 1 aromatic heterocycles. The van der Waals surface area contributed by atoms with Gasteiger partial charge in [-0.3, -0.25) is 10.1 Å². The van der Waals surface area contributed by atoms with Gasteiger partial charge in [0, 0.05) is 7.05 Å². The maximum atomic E-state index is 10.2. The van der Waals surface area contributed by atoms with Gasteiger partial charge in [0.1, 0.15) is 0 Å². The summed E-state index contributed by atoms with van der Waals surface area (Å²) >= 11 is 0. The molecule has 1 heterocycles. The van der Waals surface area contributed by atoms with Crippen molar-refractivity contribution in [1.29, 1.82) is 0 Å². The summed E-state index contributed by atoms with van der Waals surface area (Å²) in [6.07, 6.45) is 0. The number of nitrogen functional groups attached to an aromatic ring is 2. The molecule has 0 bridgehead atoms. The van der Waals surface area contributed by atoms with Crippen molar-refractivity contribution in [2.24, 2.45) is 7.05 Å². The topological polar surface area (TPSA) is 113 Å². The molecule has 0 aliphatic carbocycles. The molecule has 4 N–H and O–H groups in total. The summed E-state index contributed by atoms with van der Waals surface area (Å²) in [5.41, 5.74) is 10.1. The minimum Gasteiger partial charge on any atom is -0.378 e. The van der Waals surface area contributed by atoms with E-state index in [1.165, 1.54) is 7.05 Å². The number of nitrogens with two attached hydrogens (primary N) is 2. The first-order valence-corrected chi connectivity index (χ1v) is 2.76. The maximum absolute atomic E-state index is 10.2. The van der Waals surface area contributed by atoms with Gasteiger partial charge in [0.2, 0.25) is 11.6 Å². The lowest BCUT2D eigenvalue weighted by atomic mass is 10.5. The van der Waals surface area contributed by atoms with Crippen LogP contribution in [0.25, 0.3) is 0 Å². The fourth-order valence-electron chi connectivity index (χ4n) is 0.734. The normalized spacial score (nSPS) is 9.91. The first-order valence-electron chi connectivity index (χ1n) is 2.76. The predicted octanol–water partition coefficient (Wildman–Crippen LogP) is -0.507. The van der Waals surface area contributed by atoms with E-state index < -0.39 is 4.92 Å². The Kier molecular flexibility index (Phi) is 1.41. The van der Waals surface area contributed by atoms with Crippen molar-refractivity contribution in [3.8, 4) is 0 Å². The van der Waals surface area contributed by atoms with Crippen LogP contribution in [-0.2, 0) is 7.05 Å². The van der Waals surface area contributed by atoms with Crippen LogP contribution >= 0.6 is 0 Å². The van der Waals surface area contributed by atoms with Crippen LogP contribution in [0.1, 0.15) is 0 Å². The molecule has 0 atom stereocenters. The highest BCUT2D eigenvalue weighted by molar-refractivity contribution is 5.66. The average molecular weight is 157 g/mol. The Balaban J connectivity index is 3.34. The number of aryl methyl sites for hydroxylation is 1. The van der Waals surface area contributed by atoms with Crippen molar-refractivity contribution >= 4 is 17.3 Å². The molecule has 0 aliphatic rings. The average Bonchev–Trinajstić information content (AvgIpc) is 2.07. The fraction of sp³-hybridized carbons (Fsp3) is 0.250. The van der Waals surface area contributed by atoms with Crippen molar-refractivity contribution in [3.63, 3.8) is 0 Å². The van der Waals surface area contributed by atoms with Gasteiger partial charge in [-0.2, -0.15) is 0 Å². The third-order valence-corrected chi connectivity index (χ3v) is 1.27. The number of nitro groups is 1. The van der Waals surface area contributed by atoms with E-state index in [1.54, 1.807) is 0 Å². The lowest BCUT2D eigenvalue weighted by Gasteiger charge is -1.89. The van der Waals surface area contributed by atoms with Crippen LogP contribution < -0.4 is 11.5 Å². The van der Waals surface area contributed by atoms with Gasteiger partial charge in [0.15, 0.2) is 0 Å². The molecule has 60 valence electrons. The van der Waals surface area contributed by atoms with Crippen LogP contribution in [0.2, 0.25) is 0 Å². The molecule has 0 unspecified atom stereocenters. The first kappa shape index (κ1) is 7.32. The summed E-state index contributed by atoms with van der Waals surface area (Å²) < 4.78 is 1.16. The van der Waals surface area contributed by atoms with E-state index in [0.717, 1.165) is 4.68 Å². The van der Waals surface area contributed by atoms with Crippen molar-refractivity contribution in [3.05, 3.63) is 10.1 Å². The second kappa shape index (κ2) is 2.11. The highest BCUT2D eigenvalue weighted by atomic mass is 16.6. The van der Waals surface area contributed by atoms with Crippen molar-refractivity contribution in [1.82, 2.24) is 9.78 Å². The smallest absolute Gasteiger partial charge is 0.354 e. The van der Waals surface area contributed by atoms with E-state index in [9.17, 15) is 10.1 Å². The molecule has 0 amide bonds. The van der Waals surface area contributed by atoms with Gasteiger partial charge in [-0.15, -0.1) is 5.10 Å². The number of hydrogen-bond acceptors (Lipinski definition) is 5. The zero-order valence-electron chi connectivity index (χ0n) is 5.81. The Morgan fingerprint density at radius 1 is 1.64 bits per heavy atom. The summed E-state index contributed by atoms with van der Waals surface area (Å²) in [7, 11) is 1.48. The zero-order valence-corrected chi connectivity index (χ0v) is 5.81. The second-order valence-corrected chi connectivity index (χ2v) is 2.00. The zero-order chi connectivity index (χ0) is 8.59. The Morgan fingerprint density at radius 2 is 2.18 bits per heavy atom. The highest BCUT2D eigenvalue weighted by Gasteiger charge is 2.21. The van der Waals surface area contributed by atoms with Gasteiger partial charge < -0.3 is 11.5 Å². The Hall–Kier alpha value is -1.79. The molecule has 7 nitrogen and oxygen atoms in total. The summed E-state index contributed by atoms with van der Waals surface area (Å²) in [6.45, 7) is 0. The Morgan fingerprint density at radius 3 is 2.36 bits per heavy atom. The van der Waals surface area contributed by atoms with Crippen LogP contribution in [-0.4, -0.2) is 14.7 Å². The number of hydrogen-bond donors (Lipinski definition) is 2. The maximum Gasteiger partial charge on any atom is 0.354 e. The highest BCUT2D eigenvalue weighted by Crippen LogP contribution is 2.26. The van der Waals surface area contributed by atoms with Crippen LogP contribution in [0.5, 0.6) is 0 Å². The molecule has 0 radical (unpaired) electrons. The molecule has 7 heteroatoms. The number of nitrogens with zero attached hydrogens (tertiary/aromatic N) is 3. The molecule has 0 fully saturated rings. The minimum absolute atomic E-state index is 0.0347. The van der Waals surface area contributed by atoms with Crippen molar-refractivity contribution < 1.29 is 4.92 Å². The van der Waals surface area contributed by atoms with Crippen LogP contribution in [0.15, 0.2) is 0 Å². The van der Waals surface area contributed by atoms with Gasteiger partial charge in [-0.05, 0) is 0 Å². The molecule has 0 aromatic carbocycles. The molecule has 0 saturated carbocycles. The van der Waals surface area contributed by atoms with Crippen LogP contribution in [0, 0.1) is 10.1 Å². The van der Waals surface area contributed by atoms with Gasteiger partial charge in [-0.25, -0.2) is 4.68 Å². The second-order valence-electron chi connectivity index (χ2n) is 2.00. The van der Waals surface area contributed by atoms with Crippen molar-refractivity contribution in [2.45, 2.75) is 0 Å². The van der Waals surface area contributed by atoms with Gasteiger partial charge in [-0.1, -0.05) is 0 Å².